The van der Waals surface area contributed by atoms with Crippen LogP contribution in [0, 0.1) is 12.7 Å². The van der Waals surface area contributed by atoms with Gasteiger partial charge in [0.05, 0.1) is 6.04 Å². The highest BCUT2D eigenvalue weighted by Gasteiger charge is 2.17. The molecule has 1 atom stereocenters. The summed E-state index contributed by atoms with van der Waals surface area (Å²) in [6.45, 7) is 5.03. The molecule has 0 saturated carbocycles. The van der Waals surface area contributed by atoms with Gasteiger partial charge in [-0.2, -0.15) is 0 Å². The van der Waals surface area contributed by atoms with Crippen molar-refractivity contribution >= 4 is 27.3 Å². The van der Waals surface area contributed by atoms with Crippen LogP contribution < -0.4 is 5.32 Å². The van der Waals surface area contributed by atoms with Gasteiger partial charge in [0.15, 0.2) is 0 Å². The summed E-state index contributed by atoms with van der Waals surface area (Å²) in [6.07, 6.45) is 0. The second kappa shape index (κ2) is 5.95. The van der Waals surface area contributed by atoms with Crippen LogP contribution in [0.4, 0.5) is 4.39 Å². The van der Waals surface area contributed by atoms with Gasteiger partial charge in [0.2, 0.25) is 0 Å². The summed E-state index contributed by atoms with van der Waals surface area (Å²) in [7, 11) is 0. The number of benzene rings is 1. The first-order valence-electron chi connectivity index (χ1n) is 5.86. The Morgan fingerprint density at radius 3 is 2.67 bits per heavy atom. The first-order valence-corrected chi connectivity index (χ1v) is 7.47. The van der Waals surface area contributed by atoms with E-state index in [1.165, 1.54) is 21.9 Å². The van der Waals surface area contributed by atoms with Crippen molar-refractivity contribution < 1.29 is 4.39 Å². The summed E-state index contributed by atoms with van der Waals surface area (Å²) in [6, 6.07) is 9.21. The fourth-order valence-corrected chi connectivity index (χ4v) is 3.46. The summed E-state index contributed by atoms with van der Waals surface area (Å²) >= 11 is 5.21. The van der Waals surface area contributed by atoms with E-state index in [1.54, 1.807) is 11.3 Å². The molecule has 1 aromatic carbocycles. The number of hydrogen-bond donors (Lipinski definition) is 1. The summed E-state index contributed by atoms with van der Waals surface area (Å²) in [4.78, 5) is 2.53. The molecule has 1 aromatic heterocycles. The molecule has 0 amide bonds. The Morgan fingerprint density at radius 2 is 2.11 bits per heavy atom. The highest BCUT2D eigenvalue weighted by atomic mass is 79.9. The molecule has 0 aliphatic heterocycles. The van der Waals surface area contributed by atoms with Crippen LogP contribution in [-0.4, -0.2) is 6.54 Å². The fourth-order valence-electron chi connectivity index (χ4n) is 1.91. The van der Waals surface area contributed by atoms with E-state index in [2.05, 4.69) is 47.2 Å². The van der Waals surface area contributed by atoms with Gasteiger partial charge in [0.1, 0.15) is 5.82 Å². The van der Waals surface area contributed by atoms with Crippen LogP contribution in [0.5, 0.6) is 0 Å². The Labute approximate surface area is 119 Å². The van der Waals surface area contributed by atoms with Crippen molar-refractivity contribution in [1.29, 1.82) is 0 Å². The number of aryl methyl sites for hydroxylation is 1. The molecule has 1 unspecified atom stereocenters. The molecule has 2 aromatic rings. The van der Waals surface area contributed by atoms with Gasteiger partial charge >= 0.3 is 0 Å². The largest absolute Gasteiger partial charge is 0.306 e. The van der Waals surface area contributed by atoms with Crippen molar-refractivity contribution in [3.8, 4) is 0 Å². The van der Waals surface area contributed by atoms with E-state index in [4.69, 9.17) is 0 Å². The van der Waals surface area contributed by atoms with Gasteiger partial charge in [-0.3, -0.25) is 0 Å². The maximum Gasteiger partial charge on any atom is 0.124 e. The molecule has 1 nitrogen and oxygen atoms in total. The maximum atomic E-state index is 13.2. The molecule has 1 N–H and O–H groups in total. The fraction of sp³-hybridized carbons (Fsp3) is 0.286. The van der Waals surface area contributed by atoms with Crippen LogP contribution in [0.15, 0.2) is 34.8 Å². The first-order chi connectivity index (χ1) is 8.61. The van der Waals surface area contributed by atoms with Crippen LogP contribution in [0.2, 0.25) is 0 Å². The van der Waals surface area contributed by atoms with Crippen LogP contribution >= 0.6 is 27.3 Å². The smallest absolute Gasteiger partial charge is 0.124 e. The van der Waals surface area contributed by atoms with Gasteiger partial charge in [-0.25, -0.2) is 4.39 Å². The van der Waals surface area contributed by atoms with E-state index in [1.807, 2.05) is 6.07 Å². The summed E-state index contributed by atoms with van der Waals surface area (Å²) in [5.74, 6) is -0.219. The Bertz CT molecular complexity index is 538. The number of rotatable bonds is 4. The minimum atomic E-state index is -0.219. The highest BCUT2D eigenvalue weighted by molar-refractivity contribution is 9.10. The molecule has 0 radical (unpaired) electrons. The average Bonchev–Trinajstić information content (AvgIpc) is 2.73. The number of thiophene rings is 1. The summed E-state index contributed by atoms with van der Waals surface area (Å²) < 4.78 is 14.0. The van der Waals surface area contributed by atoms with Gasteiger partial charge in [-0.15, -0.1) is 11.3 Å². The van der Waals surface area contributed by atoms with Crippen LogP contribution in [0.25, 0.3) is 0 Å². The van der Waals surface area contributed by atoms with Crippen molar-refractivity contribution in [2.45, 2.75) is 19.9 Å². The van der Waals surface area contributed by atoms with Crippen LogP contribution in [0.1, 0.15) is 28.3 Å². The lowest BCUT2D eigenvalue weighted by Gasteiger charge is -2.18. The van der Waals surface area contributed by atoms with E-state index in [0.29, 0.717) is 0 Å². The number of halogens is 2. The third-order valence-corrected chi connectivity index (χ3v) is 4.48. The van der Waals surface area contributed by atoms with E-state index < -0.39 is 0 Å². The van der Waals surface area contributed by atoms with Crippen LogP contribution in [0.3, 0.4) is 0 Å². The zero-order valence-electron chi connectivity index (χ0n) is 10.3. The molecule has 0 aliphatic carbocycles. The molecule has 4 heteroatoms. The topological polar surface area (TPSA) is 12.0 Å². The SMILES string of the molecule is CCNC(c1ccc(C)s1)c1ccc(F)cc1Br. The maximum absolute atomic E-state index is 13.2. The lowest BCUT2D eigenvalue weighted by molar-refractivity contribution is 0.614. The molecule has 0 aliphatic rings. The second-order valence-electron chi connectivity index (χ2n) is 4.10. The third kappa shape index (κ3) is 2.99. The molecule has 96 valence electrons. The quantitative estimate of drug-likeness (QED) is 0.861. The molecular formula is C14H15BrFNS. The van der Waals surface area contributed by atoms with E-state index in [9.17, 15) is 4.39 Å². The minimum absolute atomic E-state index is 0.115. The van der Waals surface area contributed by atoms with E-state index >= 15 is 0 Å². The molecule has 0 bridgehead atoms. The Balaban J connectivity index is 2.41. The summed E-state index contributed by atoms with van der Waals surface area (Å²) in [5, 5.41) is 3.45. The van der Waals surface area contributed by atoms with Crippen molar-refractivity contribution in [3.63, 3.8) is 0 Å². The Hall–Kier alpha value is -0.710. The standard InChI is InChI=1S/C14H15BrFNS/c1-3-17-14(13-7-4-9(2)18-13)11-6-5-10(16)8-12(11)15/h4-8,14,17H,3H2,1-2H3. The first kappa shape index (κ1) is 13.7. The summed E-state index contributed by atoms with van der Waals surface area (Å²) in [5.41, 5.74) is 1.07. The predicted octanol–water partition coefficient (Wildman–Crippen LogP) is 4.66. The normalized spacial score (nSPS) is 12.7. The molecule has 18 heavy (non-hydrogen) atoms. The van der Waals surface area contributed by atoms with Gasteiger partial charge in [-0.05, 0) is 43.3 Å². The van der Waals surface area contributed by atoms with Crippen molar-refractivity contribution in [2.24, 2.45) is 0 Å². The zero-order chi connectivity index (χ0) is 13.1. The van der Waals surface area contributed by atoms with Gasteiger partial charge in [-0.1, -0.05) is 28.9 Å². The lowest BCUT2D eigenvalue weighted by atomic mass is 10.1. The van der Waals surface area contributed by atoms with E-state index in [-0.39, 0.29) is 11.9 Å². The highest BCUT2D eigenvalue weighted by Crippen LogP contribution is 2.32. The monoisotopic (exact) mass is 327 g/mol. The molecule has 1 heterocycles. The van der Waals surface area contributed by atoms with Gasteiger partial charge in [0, 0.05) is 14.2 Å². The molecular weight excluding hydrogens is 313 g/mol. The van der Waals surface area contributed by atoms with E-state index in [0.717, 1.165) is 16.6 Å². The second-order valence-corrected chi connectivity index (χ2v) is 6.28. The zero-order valence-corrected chi connectivity index (χ0v) is 12.7. The van der Waals surface area contributed by atoms with Crippen LogP contribution in [-0.2, 0) is 0 Å². The molecule has 2 rings (SSSR count). The third-order valence-electron chi connectivity index (χ3n) is 2.73. The van der Waals surface area contributed by atoms with Crippen molar-refractivity contribution in [3.05, 3.63) is 55.9 Å². The average molecular weight is 328 g/mol. The predicted molar refractivity (Wildman–Crippen MR) is 78.7 cm³/mol. The molecule has 0 saturated heterocycles. The van der Waals surface area contributed by atoms with Gasteiger partial charge in [0.25, 0.3) is 0 Å². The molecule has 0 fully saturated rings. The minimum Gasteiger partial charge on any atom is -0.306 e. The Kier molecular flexibility index (Phi) is 4.54. The lowest BCUT2D eigenvalue weighted by Crippen LogP contribution is -2.21. The van der Waals surface area contributed by atoms with Crippen molar-refractivity contribution in [1.82, 2.24) is 5.32 Å². The van der Waals surface area contributed by atoms with Crippen molar-refractivity contribution in [2.75, 3.05) is 6.54 Å². The van der Waals surface area contributed by atoms with Gasteiger partial charge < -0.3 is 5.32 Å². The Morgan fingerprint density at radius 1 is 1.33 bits per heavy atom. The molecule has 0 spiro atoms. The number of hydrogen-bond acceptors (Lipinski definition) is 2. The number of nitrogens with one attached hydrogen (secondary N) is 1.